The van der Waals surface area contributed by atoms with E-state index in [9.17, 15) is 8.42 Å². The van der Waals surface area contributed by atoms with Crippen LogP contribution in [0.1, 0.15) is 32.4 Å². The number of benzene rings is 1. The van der Waals surface area contributed by atoms with Gasteiger partial charge in [-0.15, -0.1) is 0 Å². The zero-order valence-electron chi connectivity index (χ0n) is 17.7. The number of piperazine rings is 1. The first-order valence-corrected chi connectivity index (χ1v) is 12.0. The quantitative estimate of drug-likeness (QED) is 0.621. The van der Waals surface area contributed by atoms with Crippen LogP contribution in [0, 0.1) is 0 Å². The second kappa shape index (κ2) is 9.63. The molecule has 0 N–H and O–H groups in total. The van der Waals surface area contributed by atoms with Crippen molar-refractivity contribution in [1.82, 2.24) is 14.5 Å². The number of hydrogen-bond acceptors (Lipinski definition) is 6. The van der Waals surface area contributed by atoms with Gasteiger partial charge in [0.15, 0.2) is 0 Å². The summed E-state index contributed by atoms with van der Waals surface area (Å²) < 4.78 is 32.1. The standard InChI is InChI=1S/C21H32N4O3S/c1-4-6-10-25-19(16-22-21(25)29(26,27)5-2)17-23-11-13-24(14-12-23)18-8-7-9-20(15-18)28-3/h7-9,15-16H,4-6,10-14,17H2,1-3H3. The number of sulfone groups is 1. The molecular formula is C21H32N4O3S. The number of methoxy groups -OCH3 is 1. The van der Waals surface area contributed by atoms with Crippen molar-refractivity contribution in [3.05, 3.63) is 36.2 Å². The minimum Gasteiger partial charge on any atom is -0.497 e. The Balaban J connectivity index is 1.68. The molecule has 1 aromatic heterocycles. The number of rotatable bonds is 9. The van der Waals surface area contributed by atoms with Crippen molar-refractivity contribution >= 4 is 15.5 Å². The predicted molar refractivity (Wildman–Crippen MR) is 115 cm³/mol. The van der Waals surface area contributed by atoms with Crippen LogP contribution in [0.25, 0.3) is 0 Å². The van der Waals surface area contributed by atoms with Crippen LogP contribution in [-0.2, 0) is 22.9 Å². The van der Waals surface area contributed by atoms with Gasteiger partial charge < -0.3 is 14.2 Å². The van der Waals surface area contributed by atoms with Gasteiger partial charge in [0.2, 0.25) is 15.0 Å². The van der Waals surface area contributed by atoms with E-state index < -0.39 is 9.84 Å². The normalized spacial score (nSPS) is 15.6. The molecule has 0 bridgehead atoms. The van der Waals surface area contributed by atoms with Gasteiger partial charge in [-0.05, 0) is 18.6 Å². The lowest BCUT2D eigenvalue weighted by Gasteiger charge is -2.36. The molecule has 1 aromatic carbocycles. The predicted octanol–water partition coefficient (Wildman–Crippen LogP) is 2.81. The summed E-state index contributed by atoms with van der Waals surface area (Å²) in [5.41, 5.74) is 2.16. The third-order valence-electron chi connectivity index (χ3n) is 5.47. The second-order valence-electron chi connectivity index (χ2n) is 7.41. The van der Waals surface area contributed by atoms with Crippen molar-refractivity contribution in [2.75, 3.05) is 43.9 Å². The molecule has 2 heterocycles. The lowest BCUT2D eigenvalue weighted by molar-refractivity contribution is 0.242. The summed E-state index contributed by atoms with van der Waals surface area (Å²) in [5, 5.41) is 0.221. The fourth-order valence-corrected chi connectivity index (χ4v) is 4.67. The first-order chi connectivity index (χ1) is 14.0. The minimum atomic E-state index is -3.32. The molecule has 29 heavy (non-hydrogen) atoms. The molecule has 7 nitrogen and oxygen atoms in total. The lowest BCUT2D eigenvalue weighted by Crippen LogP contribution is -2.46. The smallest absolute Gasteiger partial charge is 0.227 e. The second-order valence-corrected chi connectivity index (χ2v) is 9.58. The van der Waals surface area contributed by atoms with Crippen molar-refractivity contribution in [1.29, 1.82) is 0 Å². The SMILES string of the molecule is CCCCn1c(CN2CCN(c3cccc(OC)c3)CC2)cnc1S(=O)(=O)CC. The highest BCUT2D eigenvalue weighted by Gasteiger charge is 2.24. The first kappa shape index (κ1) is 21.6. The highest BCUT2D eigenvalue weighted by molar-refractivity contribution is 7.91. The molecule has 0 radical (unpaired) electrons. The topological polar surface area (TPSA) is 67.7 Å². The number of imidazole rings is 1. The summed E-state index contributed by atoms with van der Waals surface area (Å²) in [6.45, 7) is 8.91. The van der Waals surface area contributed by atoms with E-state index >= 15 is 0 Å². The van der Waals surface area contributed by atoms with Gasteiger partial charge in [-0.25, -0.2) is 13.4 Å². The fourth-order valence-electron chi connectivity index (χ4n) is 3.65. The van der Waals surface area contributed by atoms with Gasteiger partial charge >= 0.3 is 0 Å². The fraction of sp³-hybridized carbons (Fsp3) is 0.571. The summed E-state index contributed by atoms with van der Waals surface area (Å²) >= 11 is 0. The molecule has 0 unspecified atom stereocenters. The van der Waals surface area contributed by atoms with E-state index in [1.54, 1.807) is 20.2 Å². The van der Waals surface area contributed by atoms with E-state index in [1.165, 1.54) is 5.69 Å². The van der Waals surface area contributed by atoms with E-state index in [2.05, 4.69) is 33.8 Å². The zero-order chi connectivity index (χ0) is 20.9. The Morgan fingerprint density at radius 1 is 1.14 bits per heavy atom. The minimum absolute atomic E-state index is 0.0782. The molecule has 1 fully saturated rings. The largest absolute Gasteiger partial charge is 0.497 e. The van der Waals surface area contributed by atoms with Crippen LogP contribution in [0.4, 0.5) is 5.69 Å². The van der Waals surface area contributed by atoms with Gasteiger partial charge in [0.25, 0.3) is 0 Å². The van der Waals surface area contributed by atoms with Crippen LogP contribution in [0.3, 0.4) is 0 Å². The van der Waals surface area contributed by atoms with Gasteiger partial charge in [-0.3, -0.25) is 4.90 Å². The third-order valence-corrected chi connectivity index (χ3v) is 7.11. The maximum absolute atomic E-state index is 12.4. The average molecular weight is 421 g/mol. The molecular weight excluding hydrogens is 388 g/mol. The van der Waals surface area contributed by atoms with E-state index in [0.29, 0.717) is 6.54 Å². The van der Waals surface area contributed by atoms with Gasteiger partial charge in [-0.1, -0.05) is 26.3 Å². The van der Waals surface area contributed by atoms with E-state index in [-0.39, 0.29) is 10.9 Å². The first-order valence-electron chi connectivity index (χ1n) is 10.4. The number of ether oxygens (including phenoxy) is 1. The van der Waals surface area contributed by atoms with Crippen LogP contribution >= 0.6 is 0 Å². The maximum Gasteiger partial charge on any atom is 0.227 e. The van der Waals surface area contributed by atoms with Gasteiger partial charge in [-0.2, -0.15) is 0 Å². The van der Waals surface area contributed by atoms with Crippen molar-refractivity contribution in [3.63, 3.8) is 0 Å². The summed E-state index contributed by atoms with van der Waals surface area (Å²) in [6.07, 6.45) is 3.70. The van der Waals surface area contributed by atoms with Crippen LogP contribution in [-0.4, -0.2) is 61.9 Å². The molecule has 1 aliphatic rings. The molecule has 1 aliphatic heterocycles. The number of nitrogens with zero attached hydrogens (tertiary/aromatic N) is 4. The molecule has 1 saturated heterocycles. The molecule has 0 amide bonds. The molecule has 2 aromatic rings. The maximum atomic E-state index is 12.4. The summed E-state index contributed by atoms with van der Waals surface area (Å²) in [7, 11) is -1.63. The van der Waals surface area contributed by atoms with Crippen molar-refractivity contribution < 1.29 is 13.2 Å². The molecule has 8 heteroatoms. The highest BCUT2D eigenvalue weighted by Crippen LogP contribution is 2.23. The number of unbranched alkanes of at least 4 members (excludes halogenated alkanes) is 1. The Labute approximate surface area is 174 Å². The van der Waals surface area contributed by atoms with Gasteiger partial charge in [0.1, 0.15) is 5.75 Å². The van der Waals surface area contributed by atoms with E-state index in [1.807, 2.05) is 16.7 Å². The molecule has 3 rings (SSSR count). The Hall–Kier alpha value is -2.06. The molecule has 0 aliphatic carbocycles. The number of aromatic nitrogens is 2. The van der Waals surface area contributed by atoms with E-state index in [4.69, 9.17) is 4.74 Å². The molecule has 0 atom stereocenters. The highest BCUT2D eigenvalue weighted by atomic mass is 32.2. The van der Waals surface area contributed by atoms with Crippen LogP contribution in [0.15, 0.2) is 35.6 Å². The Morgan fingerprint density at radius 2 is 1.90 bits per heavy atom. The third kappa shape index (κ3) is 5.11. The van der Waals surface area contributed by atoms with Gasteiger partial charge in [0.05, 0.1) is 24.8 Å². The van der Waals surface area contributed by atoms with Crippen LogP contribution in [0.5, 0.6) is 5.75 Å². The van der Waals surface area contributed by atoms with Crippen LogP contribution < -0.4 is 9.64 Å². The molecule has 160 valence electrons. The summed E-state index contributed by atoms with van der Waals surface area (Å²) in [6, 6.07) is 8.15. The van der Waals surface area contributed by atoms with Gasteiger partial charge in [0, 0.05) is 51.0 Å². The lowest BCUT2D eigenvalue weighted by atomic mass is 10.2. The monoisotopic (exact) mass is 420 g/mol. The van der Waals surface area contributed by atoms with Crippen molar-refractivity contribution in [3.8, 4) is 5.75 Å². The Kier molecular flexibility index (Phi) is 7.18. The van der Waals surface area contributed by atoms with E-state index in [0.717, 1.165) is 57.0 Å². The van der Waals surface area contributed by atoms with Crippen LogP contribution in [0.2, 0.25) is 0 Å². The van der Waals surface area contributed by atoms with Crippen molar-refractivity contribution in [2.45, 2.75) is 44.9 Å². The number of anilines is 1. The summed E-state index contributed by atoms with van der Waals surface area (Å²) in [5.74, 6) is 0.948. The zero-order valence-corrected chi connectivity index (χ0v) is 18.5. The van der Waals surface area contributed by atoms with Crippen molar-refractivity contribution in [2.24, 2.45) is 0 Å². The average Bonchev–Trinajstić information content (AvgIpc) is 3.16. The summed E-state index contributed by atoms with van der Waals surface area (Å²) in [4.78, 5) is 9.02. The Morgan fingerprint density at radius 3 is 2.55 bits per heavy atom. The number of hydrogen-bond donors (Lipinski definition) is 0. The molecule has 0 saturated carbocycles. The molecule has 0 spiro atoms. The Bertz CT molecular complexity index is 902.